The third-order valence-electron chi connectivity index (χ3n) is 3.88. The highest BCUT2D eigenvalue weighted by Crippen LogP contribution is 2.72. The van der Waals surface area contributed by atoms with E-state index in [4.69, 9.17) is 4.52 Å². The van der Waals surface area contributed by atoms with Crippen molar-refractivity contribution in [2.24, 2.45) is 10.8 Å². The summed E-state index contributed by atoms with van der Waals surface area (Å²) < 4.78 is 20.2. The molecule has 0 amide bonds. The molecule has 1 aromatic rings. The maximum atomic E-state index is 13.8. The van der Waals surface area contributed by atoms with Gasteiger partial charge in [0.25, 0.3) is 7.37 Å². The van der Waals surface area contributed by atoms with Gasteiger partial charge in [-0.1, -0.05) is 59.7 Å². The molecule has 0 radical (unpaired) electrons. The molecule has 1 N–H and O–H groups in total. The van der Waals surface area contributed by atoms with Crippen LogP contribution in [0, 0.1) is 10.8 Å². The van der Waals surface area contributed by atoms with Gasteiger partial charge in [0.2, 0.25) is 5.79 Å². The van der Waals surface area contributed by atoms with Crippen LogP contribution >= 0.6 is 23.3 Å². The molecule has 1 aromatic carbocycles. The lowest BCUT2D eigenvalue weighted by Crippen LogP contribution is -2.43. The molecule has 0 fully saturated rings. The molecule has 1 aliphatic heterocycles. The molecule has 0 spiro atoms. The number of hydrogen-bond acceptors (Lipinski definition) is 3. The van der Waals surface area contributed by atoms with E-state index in [1.807, 2.05) is 59.7 Å². The van der Waals surface area contributed by atoms with E-state index in [9.17, 15) is 9.67 Å². The molecule has 1 heterocycles. The van der Waals surface area contributed by atoms with E-state index in [2.05, 4.69) is 15.9 Å². The minimum absolute atomic E-state index is 0.403. The number of hydrogen-bond donors (Lipinski definition) is 1. The second-order valence-corrected chi connectivity index (χ2v) is 10.8. The van der Waals surface area contributed by atoms with Crippen molar-refractivity contribution in [3.8, 4) is 0 Å². The van der Waals surface area contributed by atoms with E-state index >= 15 is 0 Å². The first-order valence-corrected chi connectivity index (χ1v) is 9.76. The van der Waals surface area contributed by atoms with E-state index in [1.165, 1.54) is 0 Å². The van der Waals surface area contributed by atoms with Crippen LogP contribution in [0.25, 0.3) is 0 Å². The van der Waals surface area contributed by atoms with Gasteiger partial charge in [-0.2, -0.15) is 0 Å². The average Bonchev–Trinajstić information content (AvgIpc) is 2.59. The van der Waals surface area contributed by atoms with Gasteiger partial charge in [-0.15, -0.1) is 0 Å². The summed E-state index contributed by atoms with van der Waals surface area (Å²) in [5, 5.41) is 12.4. The number of benzene rings is 1. The summed E-state index contributed by atoms with van der Waals surface area (Å²) in [6.45, 7) is 11.6. The Morgan fingerprint density at radius 1 is 1.09 bits per heavy atom. The van der Waals surface area contributed by atoms with Crippen LogP contribution < -0.4 is 5.30 Å². The third kappa shape index (κ3) is 2.65. The molecule has 1 aliphatic rings. The van der Waals surface area contributed by atoms with Gasteiger partial charge in [0.15, 0.2) is 0 Å². The zero-order valence-corrected chi connectivity index (χ0v) is 16.5. The van der Waals surface area contributed by atoms with Gasteiger partial charge in [0.05, 0.1) is 4.48 Å². The van der Waals surface area contributed by atoms with Crippen LogP contribution in [-0.4, -0.2) is 10.9 Å². The van der Waals surface area contributed by atoms with Gasteiger partial charge in [-0.3, -0.25) is 9.09 Å². The van der Waals surface area contributed by atoms with Crippen LogP contribution in [0.15, 0.2) is 40.1 Å². The zero-order chi connectivity index (χ0) is 17.0. The summed E-state index contributed by atoms with van der Waals surface area (Å²) in [4.78, 5) is 0. The average molecular weight is 387 g/mol. The van der Waals surface area contributed by atoms with Gasteiger partial charge >= 0.3 is 0 Å². The highest BCUT2D eigenvalue weighted by Gasteiger charge is 2.60. The molecule has 0 saturated carbocycles. The van der Waals surface area contributed by atoms with Crippen molar-refractivity contribution in [1.29, 1.82) is 0 Å². The second-order valence-electron chi connectivity index (χ2n) is 7.78. The zero-order valence-electron chi connectivity index (χ0n) is 14.0. The van der Waals surface area contributed by atoms with Crippen LogP contribution in [0.1, 0.15) is 41.5 Å². The molecular formula is C17H24BrO3P. The Bertz CT molecular complexity index is 653. The van der Waals surface area contributed by atoms with Crippen molar-refractivity contribution in [3.63, 3.8) is 0 Å². The molecule has 0 bridgehead atoms. The molecule has 5 heteroatoms. The first-order valence-electron chi connectivity index (χ1n) is 7.34. The van der Waals surface area contributed by atoms with Crippen molar-refractivity contribution in [2.45, 2.75) is 47.3 Å². The van der Waals surface area contributed by atoms with Gasteiger partial charge in [0, 0.05) is 16.0 Å². The van der Waals surface area contributed by atoms with Gasteiger partial charge < -0.3 is 5.11 Å². The lowest BCUT2D eigenvalue weighted by atomic mass is 9.83. The molecule has 2 atom stereocenters. The van der Waals surface area contributed by atoms with Crippen LogP contribution in [-0.2, 0) is 9.09 Å². The second kappa shape index (κ2) is 5.31. The number of halogens is 1. The van der Waals surface area contributed by atoms with E-state index in [-0.39, 0.29) is 0 Å². The van der Waals surface area contributed by atoms with Crippen LogP contribution in [0.3, 0.4) is 0 Å². The molecule has 3 nitrogen and oxygen atoms in total. The summed E-state index contributed by atoms with van der Waals surface area (Å²) in [6.07, 6.45) is 0. The Balaban J connectivity index is 2.76. The van der Waals surface area contributed by atoms with Gasteiger partial charge in [-0.05, 0) is 33.5 Å². The predicted octanol–water partition coefficient (Wildman–Crippen LogP) is 5.01. The fraction of sp³-hybridized carbons (Fsp3) is 0.529. The lowest BCUT2D eigenvalue weighted by molar-refractivity contribution is -0.162. The molecule has 2 unspecified atom stereocenters. The largest absolute Gasteiger partial charge is 0.361 e. The number of rotatable bonds is 1. The maximum absolute atomic E-state index is 13.8. The van der Waals surface area contributed by atoms with E-state index in [0.717, 1.165) is 0 Å². The quantitative estimate of drug-likeness (QED) is 0.690. The van der Waals surface area contributed by atoms with E-state index in [1.54, 1.807) is 12.1 Å². The Hall–Kier alpha value is -0.410. The summed E-state index contributed by atoms with van der Waals surface area (Å²) in [5.74, 6) is -1.61. The number of allylic oxidation sites excluding steroid dienone is 1. The van der Waals surface area contributed by atoms with E-state index in [0.29, 0.717) is 15.1 Å². The van der Waals surface area contributed by atoms with Crippen LogP contribution in [0.2, 0.25) is 0 Å². The van der Waals surface area contributed by atoms with Crippen molar-refractivity contribution in [3.05, 3.63) is 40.1 Å². The smallest absolute Gasteiger partial charge is 0.261 e. The Morgan fingerprint density at radius 3 is 2.00 bits per heavy atom. The third-order valence-corrected chi connectivity index (χ3v) is 8.11. The van der Waals surface area contributed by atoms with E-state index < -0.39 is 24.0 Å². The highest BCUT2D eigenvalue weighted by atomic mass is 79.9. The standard InChI is InChI=1S/C17H24BrO3P/c1-15(2,3)14-13(18)17(19,16(4,5)6)21-22(14,20)12-10-8-7-9-11-12/h7-11,19H,1-6H3. The van der Waals surface area contributed by atoms with Crippen LogP contribution in [0.5, 0.6) is 0 Å². The molecule has 0 aromatic heterocycles. The van der Waals surface area contributed by atoms with Gasteiger partial charge in [0.1, 0.15) is 0 Å². The summed E-state index contributed by atoms with van der Waals surface area (Å²) in [5.41, 5.74) is -1.02. The van der Waals surface area contributed by atoms with Crippen molar-refractivity contribution < 1.29 is 14.2 Å². The topological polar surface area (TPSA) is 46.5 Å². The summed E-state index contributed by atoms with van der Waals surface area (Å²) in [6, 6.07) is 9.13. The Morgan fingerprint density at radius 2 is 1.59 bits per heavy atom. The Kier molecular flexibility index (Phi) is 4.33. The molecule has 2 rings (SSSR count). The fourth-order valence-corrected chi connectivity index (χ4v) is 7.75. The molecule has 0 aliphatic carbocycles. The molecule has 22 heavy (non-hydrogen) atoms. The summed E-state index contributed by atoms with van der Waals surface area (Å²) >= 11 is 3.50. The van der Waals surface area contributed by atoms with Gasteiger partial charge in [-0.25, -0.2) is 0 Å². The fourth-order valence-electron chi connectivity index (χ4n) is 2.60. The van der Waals surface area contributed by atoms with Crippen LogP contribution in [0.4, 0.5) is 0 Å². The monoisotopic (exact) mass is 386 g/mol. The molecule has 122 valence electrons. The minimum atomic E-state index is -3.35. The lowest BCUT2D eigenvalue weighted by Gasteiger charge is -2.36. The maximum Gasteiger partial charge on any atom is 0.261 e. The highest BCUT2D eigenvalue weighted by molar-refractivity contribution is 9.11. The summed E-state index contributed by atoms with van der Waals surface area (Å²) in [7, 11) is -3.35. The first-order chi connectivity index (χ1) is 9.84. The minimum Gasteiger partial charge on any atom is -0.361 e. The Labute approximate surface area is 141 Å². The van der Waals surface area contributed by atoms with Crippen molar-refractivity contribution in [2.75, 3.05) is 0 Å². The normalized spacial score (nSPS) is 30.0. The van der Waals surface area contributed by atoms with Crippen molar-refractivity contribution in [1.82, 2.24) is 0 Å². The first kappa shape index (κ1) is 17.9. The molecular weight excluding hydrogens is 363 g/mol. The van der Waals surface area contributed by atoms with Crippen molar-refractivity contribution >= 4 is 28.6 Å². The SMILES string of the molecule is CC(C)(C)C1=C(Br)C(O)(C(C)(C)C)OP1(=O)c1ccccc1. The number of aliphatic hydroxyl groups is 1. The molecule has 0 saturated heterocycles. The predicted molar refractivity (Wildman–Crippen MR) is 94.6 cm³/mol.